The van der Waals surface area contributed by atoms with Crippen LogP contribution in [0.4, 0.5) is 0 Å². The lowest BCUT2D eigenvalue weighted by Crippen LogP contribution is -2.41. The van der Waals surface area contributed by atoms with Gasteiger partial charge in [0.05, 0.1) is 24.3 Å². The van der Waals surface area contributed by atoms with Gasteiger partial charge in [-0.15, -0.1) is 0 Å². The second-order valence-corrected chi connectivity index (χ2v) is 7.97. The van der Waals surface area contributed by atoms with Crippen molar-refractivity contribution >= 4 is 11.7 Å². The molecule has 0 saturated carbocycles. The summed E-state index contributed by atoms with van der Waals surface area (Å²) in [5.41, 5.74) is 3.86. The number of carbonyl (C=O) groups is 2. The maximum absolute atomic E-state index is 12.9. The lowest BCUT2D eigenvalue weighted by atomic mass is 9.99. The van der Waals surface area contributed by atoms with Crippen LogP contribution in [0.1, 0.15) is 29.9 Å². The SMILES string of the molecule is Cc1cc(CC(=O)N2C[C@H](O)C[C@H]2C(=O)CCc2ccc(-c3cccnc3)cc2)on1. The highest BCUT2D eigenvalue weighted by atomic mass is 16.5. The third-order valence-electron chi connectivity index (χ3n) is 5.58. The van der Waals surface area contributed by atoms with Crippen LogP contribution in [0.25, 0.3) is 11.1 Å². The molecule has 0 bridgehead atoms. The molecule has 0 unspecified atom stereocenters. The molecular formula is C24H25N3O4. The number of amides is 1. The molecule has 1 fully saturated rings. The minimum atomic E-state index is -0.687. The number of nitrogens with zero attached hydrogens (tertiary/aromatic N) is 3. The Kier molecular flexibility index (Phi) is 6.23. The average Bonchev–Trinajstić information content (AvgIpc) is 3.38. The van der Waals surface area contributed by atoms with Gasteiger partial charge in [-0.25, -0.2) is 0 Å². The lowest BCUT2D eigenvalue weighted by Gasteiger charge is -2.23. The molecule has 1 saturated heterocycles. The Morgan fingerprint density at radius 3 is 2.68 bits per heavy atom. The number of ketones is 1. The summed E-state index contributed by atoms with van der Waals surface area (Å²) in [4.78, 5) is 31.2. The molecule has 7 heteroatoms. The predicted octanol–water partition coefficient (Wildman–Crippen LogP) is 2.75. The first-order chi connectivity index (χ1) is 15.0. The Bertz CT molecular complexity index is 1050. The predicted molar refractivity (Wildman–Crippen MR) is 114 cm³/mol. The summed E-state index contributed by atoms with van der Waals surface area (Å²) in [6, 6.07) is 13.1. The highest BCUT2D eigenvalue weighted by molar-refractivity contribution is 5.90. The van der Waals surface area contributed by atoms with Crippen LogP contribution in [0, 0.1) is 6.92 Å². The second-order valence-electron chi connectivity index (χ2n) is 7.97. The maximum atomic E-state index is 12.9. The summed E-state index contributed by atoms with van der Waals surface area (Å²) in [7, 11) is 0. The summed E-state index contributed by atoms with van der Waals surface area (Å²) < 4.78 is 5.12. The van der Waals surface area contributed by atoms with Crippen LogP contribution in [0.3, 0.4) is 0 Å². The van der Waals surface area contributed by atoms with Gasteiger partial charge < -0.3 is 14.5 Å². The first-order valence-electron chi connectivity index (χ1n) is 10.4. The number of Topliss-reactive ketones (excluding diaryl/α,β-unsaturated/α-hetero) is 1. The van der Waals surface area contributed by atoms with E-state index in [1.807, 2.05) is 42.6 Å². The molecule has 31 heavy (non-hydrogen) atoms. The van der Waals surface area contributed by atoms with Crippen LogP contribution in [-0.4, -0.2) is 50.5 Å². The largest absolute Gasteiger partial charge is 0.391 e. The summed E-state index contributed by atoms with van der Waals surface area (Å²) in [6.07, 6.45) is 4.08. The van der Waals surface area contributed by atoms with Crippen LogP contribution >= 0.6 is 0 Å². The molecule has 0 spiro atoms. The van der Waals surface area contributed by atoms with Gasteiger partial charge in [-0.3, -0.25) is 14.6 Å². The van der Waals surface area contributed by atoms with Crippen molar-refractivity contribution in [2.24, 2.45) is 0 Å². The molecule has 160 valence electrons. The molecular weight excluding hydrogens is 394 g/mol. The standard InChI is InChI=1S/C24H25N3O4/c1-16-11-21(31-26-16)13-24(30)27-15-20(28)12-22(27)23(29)9-6-17-4-7-18(8-5-17)19-3-2-10-25-14-19/h2-5,7-8,10-11,14,20,22,28H,6,9,12-13,15H2,1H3/t20-,22+/m1/s1. The number of likely N-dealkylation sites (tertiary alicyclic amines) is 1. The first kappa shape index (κ1) is 20.9. The minimum absolute atomic E-state index is 0.0324. The van der Waals surface area contributed by atoms with E-state index >= 15 is 0 Å². The van der Waals surface area contributed by atoms with Crippen LogP contribution in [0.15, 0.2) is 59.4 Å². The van der Waals surface area contributed by atoms with E-state index in [9.17, 15) is 14.7 Å². The first-order valence-corrected chi connectivity index (χ1v) is 10.4. The van der Waals surface area contributed by atoms with Crippen LogP contribution in [0.5, 0.6) is 0 Å². The number of pyridine rings is 1. The van der Waals surface area contributed by atoms with Gasteiger partial charge in [-0.05, 0) is 36.1 Å². The molecule has 0 radical (unpaired) electrons. The van der Waals surface area contributed by atoms with Crippen molar-refractivity contribution in [1.82, 2.24) is 15.0 Å². The van der Waals surface area contributed by atoms with Gasteiger partial charge in [-0.1, -0.05) is 35.5 Å². The van der Waals surface area contributed by atoms with Crippen molar-refractivity contribution < 1.29 is 19.2 Å². The second kappa shape index (κ2) is 9.22. The molecule has 1 aliphatic heterocycles. The van der Waals surface area contributed by atoms with Crippen molar-refractivity contribution in [3.8, 4) is 11.1 Å². The molecule has 1 aliphatic rings. The molecule has 2 atom stereocenters. The topological polar surface area (TPSA) is 96.5 Å². The van der Waals surface area contributed by atoms with E-state index in [1.54, 1.807) is 19.2 Å². The van der Waals surface area contributed by atoms with Crippen molar-refractivity contribution in [1.29, 1.82) is 0 Å². The van der Waals surface area contributed by atoms with Gasteiger partial charge >= 0.3 is 0 Å². The normalized spacial score (nSPS) is 18.3. The molecule has 7 nitrogen and oxygen atoms in total. The van der Waals surface area contributed by atoms with Crippen molar-refractivity contribution in [2.45, 2.75) is 44.8 Å². The highest BCUT2D eigenvalue weighted by Crippen LogP contribution is 2.23. The monoisotopic (exact) mass is 419 g/mol. The maximum Gasteiger partial charge on any atom is 0.231 e. The van der Waals surface area contributed by atoms with E-state index in [4.69, 9.17) is 4.52 Å². The smallest absolute Gasteiger partial charge is 0.231 e. The molecule has 1 N–H and O–H groups in total. The Labute approximate surface area is 180 Å². The third-order valence-corrected chi connectivity index (χ3v) is 5.58. The van der Waals surface area contributed by atoms with Crippen molar-refractivity contribution in [3.63, 3.8) is 0 Å². The Hall–Kier alpha value is -3.32. The Morgan fingerprint density at radius 2 is 2.00 bits per heavy atom. The Balaban J connectivity index is 1.36. The number of aliphatic hydroxyl groups excluding tert-OH is 1. The third kappa shape index (κ3) is 5.06. The number of carbonyl (C=O) groups excluding carboxylic acids is 2. The summed E-state index contributed by atoms with van der Waals surface area (Å²) in [5, 5.41) is 13.9. The van der Waals surface area contributed by atoms with E-state index in [1.165, 1.54) is 4.90 Å². The van der Waals surface area contributed by atoms with Gasteiger partial charge in [0.25, 0.3) is 0 Å². The van der Waals surface area contributed by atoms with Crippen molar-refractivity contribution in [3.05, 3.63) is 71.9 Å². The summed E-state index contributed by atoms with van der Waals surface area (Å²) in [5.74, 6) is 0.200. The van der Waals surface area contributed by atoms with Gasteiger partial charge in [-0.2, -0.15) is 0 Å². The molecule has 0 aliphatic carbocycles. The van der Waals surface area contributed by atoms with Gasteiger partial charge in [0.2, 0.25) is 5.91 Å². The zero-order chi connectivity index (χ0) is 21.8. The number of rotatable bonds is 7. The molecule has 4 rings (SSSR count). The van der Waals surface area contributed by atoms with Crippen LogP contribution < -0.4 is 0 Å². The van der Waals surface area contributed by atoms with E-state index < -0.39 is 12.1 Å². The molecule has 1 aromatic carbocycles. The molecule has 3 heterocycles. The zero-order valence-corrected chi connectivity index (χ0v) is 17.4. The fourth-order valence-electron chi connectivity index (χ4n) is 3.98. The molecule has 2 aromatic heterocycles. The number of hydrogen-bond donors (Lipinski definition) is 1. The number of hydrogen-bond acceptors (Lipinski definition) is 6. The molecule has 3 aromatic rings. The van der Waals surface area contributed by atoms with Crippen LogP contribution in [0.2, 0.25) is 0 Å². The summed E-state index contributed by atoms with van der Waals surface area (Å²) >= 11 is 0. The Morgan fingerprint density at radius 1 is 1.19 bits per heavy atom. The van der Waals surface area contributed by atoms with Gasteiger partial charge in [0.15, 0.2) is 5.78 Å². The number of benzene rings is 1. The van der Waals surface area contributed by atoms with Gasteiger partial charge in [0.1, 0.15) is 5.76 Å². The average molecular weight is 419 g/mol. The van der Waals surface area contributed by atoms with Gasteiger partial charge in [0, 0.05) is 37.8 Å². The van der Waals surface area contributed by atoms with E-state index in [0.29, 0.717) is 24.3 Å². The van der Waals surface area contributed by atoms with E-state index in [-0.39, 0.29) is 31.1 Å². The number of aromatic nitrogens is 2. The van der Waals surface area contributed by atoms with E-state index in [2.05, 4.69) is 10.1 Å². The minimum Gasteiger partial charge on any atom is -0.391 e. The lowest BCUT2D eigenvalue weighted by molar-refractivity contribution is -0.137. The molecule has 1 amide bonds. The zero-order valence-electron chi connectivity index (χ0n) is 17.4. The number of aryl methyl sites for hydroxylation is 2. The fourth-order valence-corrected chi connectivity index (χ4v) is 3.98. The van der Waals surface area contributed by atoms with Crippen LogP contribution in [-0.2, 0) is 22.4 Å². The quantitative estimate of drug-likeness (QED) is 0.633. The fraction of sp³-hybridized carbons (Fsp3) is 0.333. The number of aliphatic hydroxyl groups is 1. The summed E-state index contributed by atoms with van der Waals surface area (Å²) in [6.45, 7) is 1.95. The highest BCUT2D eigenvalue weighted by Gasteiger charge is 2.38. The van der Waals surface area contributed by atoms with Crippen molar-refractivity contribution in [2.75, 3.05) is 6.54 Å². The number of β-amino-alcohol motifs (C(OH)–C–C–N with tert-alkyl or cyclic N) is 1. The van der Waals surface area contributed by atoms with E-state index in [0.717, 1.165) is 16.7 Å².